The molecule has 1 aromatic heterocycles. The van der Waals surface area contributed by atoms with E-state index in [1.165, 1.54) is 12.0 Å². The molecule has 3 rings (SSSR count). The highest BCUT2D eigenvalue weighted by molar-refractivity contribution is 5.86. The van der Waals surface area contributed by atoms with Crippen molar-refractivity contribution in [1.82, 2.24) is 10.2 Å². The molecule has 1 saturated heterocycles. The van der Waals surface area contributed by atoms with E-state index in [1.54, 1.807) is 7.11 Å². The maximum Gasteiger partial charge on any atom is 0.176 e. The van der Waals surface area contributed by atoms with Crippen LogP contribution < -0.4 is 10.1 Å². The number of fused-ring (bicyclic) bond motifs is 1. The lowest BCUT2D eigenvalue weighted by atomic mass is 10.0. The number of nitrogens with one attached hydrogen (secondary N) is 1. The summed E-state index contributed by atoms with van der Waals surface area (Å²) in [6.45, 7) is 3.15. The quantitative estimate of drug-likeness (QED) is 0.900. The summed E-state index contributed by atoms with van der Waals surface area (Å²) in [5.41, 5.74) is 2.09. The van der Waals surface area contributed by atoms with Gasteiger partial charge in [0, 0.05) is 17.5 Å². The monoisotopic (exact) mass is 260 g/mol. The zero-order valence-electron chi connectivity index (χ0n) is 11.5. The first kappa shape index (κ1) is 12.5. The van der Waals surface area contributed by atoms with Crippen molar-refractivity contribution in [3.63, 3.8) is 0 Å². The van der Waals surface area contributed by atoms with Crippen molar-refractivity contribution in [2.45, 2.75) is 12.5 Å². The molecule has 0 radical (unpaired) electrons. The maximum absolute atomic E-state index is 5.73. The molecule has 1 aliphatic rings. The van der Waals surface area contributed by atoms with Crippen molar-refractivity contribution in [3.8, 4) is 5.75 Å². The first-order valence-electron chi connectivity index (χ1n) is 6.76. The second-order valence-corrected chi connectivity index (χ2v) is 5.08. The van der Waals surface area contributed by atoms with Crippen LogP contribution in [0.25, 0.3) is 11.0 Å². The minimum Gasteiger partial charge on any atom is -0.493 e. The number of methoxy groups -OCH3 is 1. The Morgan fingerprint density at radius 2 is 2.32 bits per heavy atom. The Labute approximate surface area is 113 Å². The molecule has 19 heavy (non-hydrogen) atoms. The molecule has 4 nitrogen and oxygen atoms in total. The Balaban J connectivity index is 2.04. The molecule has 2 aromatic rings. The van der Waals surface area contributed by atoms with E-state index in [-0.39, 0.29) is 0 Å². The molecule has 0 spiro atoms. The number of hydrogen-bond acceptors (Lipinski definition) is 4. The van der Waals surface area contributed by atoms with Gasteiger partial charge in [0.05, 0.1) is 19.4 Å². The summed E-state index contributed by atoms with van der Waals surface area (Å²) in [6, 6.07) is 6.42. The summed E-state index contributed by atoms with van der Waals surface area (Å²) in [5.74, 6) is 0.799. The van der Waals surface area contributed by atoms with Crippen LogP contribution in [0.1, 0.15) is 18.0 Å². The standard InChI is InChI=1S/C15H20N2O2/c1-17-8-4-7-16-9-13(17)12-10-19-15-11(12)5-3-6-14(15)18-2/h3,5-6,10,13,16H,4,7-9H2,1-2H3. The molecule has 1 atom stereocenters. The zero-order valence-corrected chi connectivity index (χ0v) is 11.5. The summed E-state index contributed by atoms with van der Waals surface area (Å²) in [7, 11) is 3.85. The van der Waals surface area contributed by atoms with Gasteiger partial charge in [-0.2, -0.15) is 0 Å². The molecule has 102 valence electrons. The lowest BCUT2D eigenvalue weighted by Gasteiger charge is -2.24. The van der Waals surface area contributed by atoms with Gasteiger partial charge in [0.25, 0.3) is 0 Å². The van der Waals surface area contributed by atoms with Crippen molar-refractivity contribution in [3.05, 3.63) is 30.0 Å². The van der Waals surface area contributed by atoms with E-state index >= 15 is 0 Å². The number of likely N-dealkylation sites (N-methyl/N-ethyl adjacent to an activating group) is 1. The van der Waals surface area contributed by atoms with Gasteiger partial charge in [-0.3, -0.25) is 4.90 Å². The van der Waals surface area contributed by atoms with E-state index in [1.807, 2.05) is 18.4 Å². The lowest BCUT2D eigenvalue weighted by molar-refractivity contribution is 0.261. The maximum atomic E-state index is 5.73. The predicted octanol–water partition coefficient (Wildman–Crippen LogP) is 2.41. The molecule has 1 N–H and O–H groups in total. The Morgan fingerprint density at radius 1 is 1.42 bits per heavy atom. The second-order valence-electron chi connectivity index (χ2n) is 5.08. The number of hydrogen-bond donors (Lipinski definition) is 1. The molecule has 1 aliphatic heterocycles. The van der Waals surface area contributed by atoms with Crippen LogP contribution in [0, 0.1) is 0 Å². The summed E-state index contributed by atoms with van der Waals surface area (Å²) >= 11 is 0. The molecule has 1 unspecified atom stereocenters. The first-order chi connectivity index (χ1) is 9.31. The molecule has 1 aromatic carbocycles. The fourth-order valence-corrected chi connectivity index (χ4v) is 2.82. The van der Waals surface area contributed by atoms with E-state index in [9.17, 15) is 0 Å². The van der Waals surface area contributed by atoms with Gasteiger partial charge in [0.2, 0.25) is 0 Å². The van der Waals surface area contributed by atoms with Gasteiger partial charge in [-0.05, 0) is 32.6 Å². The largest absolute Gasteiger partial charge is 0.493 e. The average molecular weight is 260 g/mol. The molecule has 0 amide bonds. The molecule has 1 fully saturated rings. The van der Waals surface area contributed by atoms with Crippen LogP contribution in [0.2, 0.25) is 0 Å². The molecular formula is C15H20N2O2. The predicted molar refractivity (Wildman–Crippen MR) is 75.6 cm³/mol. The third-order valence-electron chi connectivity index (χ3n) is 3.91. The van der Waals surface area contributed by atoms with Gasteiger partial charge in [0.15, 0.2) is 11.3 Å². The zero-order chi connectivity index (χ0) is 13.2. The van der Waals surface area contributed by atoms with Crippen LogP contribution in [0.4, 0.5) is 0 Å². The Morgan fingerprint density at radius 3 is 3.16 bits per heavy atom. The van der Waals surface area contributed by atoms with Gasteiger partial charge in [0.1, 0.15) is 0 Å². The van der Waals surface area contributed by atoms with Crippen LogP contribution in [0.5, 0.6) is 5.75 Å². The second kappa shape index (κ2) is 5.23. The smallest absolute Gasteiger partial charge is 0.176 e. The van der Waals surface area contributed by atoms with Crippen molar-refractivity contribution >= 4 is 11.0 Å². The van der Waals surface area contributed by atoms with E-state index < -0.39 is 0 Å². The highest BCUT2D eigenvalue weighted by Crippen LogP contribution is 2.34. The minimum absolute atomic E-state index is 0.357. The van der Waals surface area contributed by atoms with Crippen LogP contribution in [0.3, 0.4) is 0 Å². The summed E-state index contributed by atoms with van der Waals surface area (Å²) in [5, 5.41) is 4.65. The SMILES string of the molecule is COc1cccc2c(C3CNCCCN3C)coc12. The van der Waals surface area contributed by atoms with Gasteiger partial charge in [-0.1, -0.05) is 12.1 Å². The normalized spacial score (nSPS) is 21.5. The van der Waals surface area contributed by atoms with Crippen LogP contribution in [-0.4, -0.2) is 38.7 Å². The Hall–Kier alpha value is -1.52. The fourth-order valence-electron chi connectivity index (χ4n) is 2.82. The first-order valence-corrected chi connectivity index (χ1v) is 6.76. The van der Waals surface area contributed by atoms with Crippen molar-refractivity contribution in [1.29, 1.82) is 0 Å². The van der Waals surface area contributed by atoms with E-state index in [0.29, 0.717) is 6.04 Å². The van der Waals surface area contributed by atoms with Crippen molar-refractivity contribution < 1.29 is 9.15 Å². The number of furan rings is 1. The van der Waals surface area contributed by atoms with Crippen LogP contribution in [-0.2, 0) is 0 Å². The number of para-hydroxylation sites is 1. The molecule has 0 saturated carbocycles. The number of nitrogens with zero attached hydrogens (tertiary/aromatic N) is 1. The third kappa shape index (κ3) is 2.22. The fraction of sp³-hybridized carbons (Fsp3) is 0.467. The highest BCUT2D eigenvalue weighted by atomic mass is 16.5. The molecular weight excluding hydrogens is 240 g/mol. The third-order valence-corrected chi connectivity index (χ3v) is 3.91. The molecule has 0 aliphatic carbocycles. The topological polar surface area (TPSA) is 37.6 Å². The van der Waals surface area contributed by atoms with E-state index in [0.717, 1.165) is 36.4 Å². The van der Waals surface area contributed by atoms with E-state index in [4.69, 9.17) is 9.15 Å². The van der Waals surface area contributed by atoms with Crippen molar-refractivity contribution in [2.24, 2.45) is 0 Å². The van der Waals surface area contributed by atoms with E-state index in [2.05, 4.69) is 23.3 Å². The number of benzene rings is 1. The lowest BCUT2D eigenvalue weighted by Crippen LogP contribution is -2.29. The summed E-state index contributed by atoms with van der Waals surface area (Å²) < 4.78 is 11.1. The molecule has 2 heterocycles. The van der Waals surface area contributed by atoms with Crippen molar-refractivity contribution in [2.75, 3.05) is 33.8 Å². The van der Waals surface area contributed by atoms with Gasteiger partial charge < -0.3 is 14.5 Å². The minimum atomic E-state index is 0.357. The number of rotatable bonds is 2. The highest BCUT2D eigenvalue weighted by Gasteiger charge is 2.23. The average Bonchev–Trinajstić information content (AvgIpc) is 2.75. The van der Waals surface area contributed by atoms with Gasteiger partial charge in [-0.15, -0.1) is 0 Å². The molecule has 4 heteroatoms. The number of ether oxygens (including phenoxy) is 1. The summed E-state index contributed by atoms with van der Waals surface area (Å²) in [4.78, 5) is 2.39. The summed E-state index contributed by atoms with van der Waals surface area (Å²) in [6.07, 6.45) is 3.06. The molecule has 0 bridgehead atoms. The van der Waals surface area contributed by atoms with Gasteiger partial charge in [-0.25, -0.2) is 0 Å². The van der Waals surface area contributed by atoms with Crippen LogP contribution >= 0.6 is 0 Å². The van der Waals surface area contributed by atoms with Crippen LogP contribution in [0.15, 0.2) is 28.9 Å². The Kier molecular flexibility index (Phi) is 3.44. The van der Waals surface area contributed by atoms with Gasteiger partial charge >= 0.3 is 0 Å². The Bertz CT molecular complexity index is 564.